The predicted octanol–water partition coefficient (Wildman–Crippen LogP) is 6.62. The number of para-hydroxylation sites is 2. The summed E-state index contributed by atoms with van der Waals surface area (Å²) >= 11 is 0. The first-order chi connectivity index (χ1) is 12.9. The van der Waals surface area contributed by atoms with Crippen LogP contribution in [0.5, 0.6) is 0 Å². The van der Waals surface area contributed by atoms with Gasteiger partial charge in [0.1, 0.15) is 0 Å². The third kappa shape index (κ3) is 1.76. The molecule has 122 valence electrons. The van der Waals surface area contributed by atoms with Gasteiger partial charge in [-0.2, -0.15) is 0 Å². The van der Waals surface area contributed by atoms with E-state index in [4.69, 9.17) is 0 Å². The molecule has 0 saturated heterocycles. The second-order valence-corrected chi connectivity index (χ2v) is 6.80. The number of benzene rings is 4. The maximum Gasteiger partial charge on any atom is 0.0716 e. The Labute approximate surface area is 150 Å². The maximum atomic E-state index is 3.66. The maximum absolute atomic E-state index is 3.66. The molecule has 0 atom stereocenters. The van der Waals surface area contributed by atoms with Crippen LogP contribution in [0.25, 0.3) is 54.7 Å². The molecule has 6 aromatic rings. The van der Waals surface area contributed by atoms with Crippen LogP contribution in [0.15, 0.2) is 84.9 Å². The summed E-state index contributed by atoms with van der Waals surface area (Å²) < 4.78 is 0. The lowest BCUT2D eigenvalue weighted by Crippen LogP contribution is -1.81. The highest BCUT2D eigenvalue weighted by Gasteiger charge is 2.16. The van der Waals surface area contributed by atoms with Crippen molar-refractivity contribution in [3.63, 3.8) is 0 Å². The summed E-state index contributed by atoms with van der Waals surface area (Å²) in [5.74, 6) is 0. The van der Waals surface area contributed by atoms with Gasteiger partial charge in [-0.1, -0.05) is 66.7 Å². The molecule has 2 nitrogen and oxygen atoms in total. The topological polar surface area (TPSA) is 31.6 Å². The zero-order valence-corrected chi connectivity index (χ0v) is 14.1. The first-order valence-corrected chi connectivity index (χ1v) is 8.89. The summed E-state index contributed by atoms with van der Waals surface area (Å²) in [4.78, 5) is 7.29. The summed E-state index contributed by atoms with van der Waals surface area (Å²) in [5.41, 5.74) is 7.22. The van der Waals surface area contributed by atoms with E-state index in [1.54, 1.807) is 0 Å². The van der Waals surface area contributed by atoms with E-state index in [0.29, 0.717) is 0 Å². The zero-order chi connectivity index (χ0) is 17.1. The minimum absolute atomic E-state index is 1.17. The Morgan fingerprint density at radius 2 is 1.12 bits per heavy atom. The van der Waals surface area contributed by atoms with Gasteiger partial charge in [-0.15, -0.1) is 0 Å². The van der Waals surface area contributed by atoms with Crippen molar-refractivity contribution in [1.29, 1.82) is 0 Å². The van der Waals surface area contributed by atoms with Gasteiger partial charge >= 0.3 is 0 Å². The van der Waals surface area contributed by atoms with E-state index in [1.165, 1.54) is 54.7 Å². The van der Waals surface area contributed by atoms with Crippen LogP contribution >= 0.6 is 0 Å². The molecule has 0 aliphatic rings. The minimum atomic E-state index is 1.17. The van der Waals surface area contributed by atoms with Crippen molar-refractivity contribution in [1.82, 2.24) is 9.97 Å². The lowest BCUT2D eigenvalue weighted by Gasteiger charge is -2.06. The van der Waals surface area contributed by atoms with Gasteiger partial charge in [0.15, 0.2) is 0 Å². The standard InChI is InChI=1S/C24H16N2/c1-2-8-15(9-3-1)18-14-19-16-10-4-6-12-20(16)25-23(19)24-22(18)17-11-5-7-13-21(17)26-24/h1-14,25-26H. The van der Waals surface area contributed by atoms with Crippen molar-refractivity contribution in [3.05, 3.63) is 84.9 Å². The van der Waals surface area contributed by atoms with Crippen LogP contribution in [0.4, 0.5) is 0 Å². The SMILES string of the molecule is c1ccc(-c2cc3c4ccccc4[nH]c3c3[nH]c4ccccc4c23)cc1. The molecule has 0 amide bonds. The molecule has 0 bridgehead atoms. The molecule has 0 radical (unpaired) electrons. The Kier molecular flexibility index (Phi) is 2.64. The molecule has 0 fully saturated rings. The van der Waals surface area contributed by atoms with Gasteiger partial charge in [0.05, 0.1) is 11.0 Å². The molecule has 0 saturated carbocycles. The molecule has 4 aromatic carbocycles. The highest BCUT2D eigenvalue weighted by Crippen LogP contribution is 2.41. The third-order valence-electron chi connectivity index (χ3n) is 5.35. The fourth-order valence-corrected chi connectivity index (χ4v) is 4.18. The van der Waals surface area contributed by atoms with Crippen LogP contribution in [0.3, 0.4) is 0 Å². The summed E-state index contributed by atoms with van der Waals surface area (Å²) in [6.45, 7) is 0. The normalized spacial score (nSPS) is 11.8. The summed E-state index contributed by atoms with van der Waals surface area (Å²) in [6, 6.07) is 30.1. The van der Waals surface area contributed by atoms with E-state index in [0.717, 1.165) is 0 Å². The van der Waals surface area contributed by atoms with Crippen molar-refractivity contribution >= 4 is 43.6 Å². The van der Waals surface area contributed by atoms with Gasteiger partial charge in [0.2, 0.25) is 0 Å². The molecule has 2 heterocycles. The average molecular weight is 332 g/mol. The van der Waals surface area contributed by atoms with Crippen molar-refractivity contribution in [2.24, 2.45) is 0 Å². The van der Waals surface area contributed by atoms with E-state index in [9.17, 15) is 0 Å². The molecule has 0 spiro atoms. The van der Waals surface area contributed by atoms with Gasteiger partial charge in [0.25, 0.3) is 0 Å². The molecule has 2 heteroatoms. The number of hydrogen-bond donors (Lipinski definition) is 2. The van der Waals surface area contributed by atoms with Gasteiger partial charge < -0.3 is 9.97 Å². The van der Waals surface area contributed by atoms with Crippen LogP contribution in [0, 0.1) is 0 Å². The Hall–Kier alpha value is -3.52. The molecule has 26 heavy (non-hydrogen) atoms. The molecular formula is C24H16N2. The van der Waals surface area contributed by atoms with Gasteiger partial charge in [-0.25, -0.2) is 0 Å². The molecule has 0 aliphatic heterocycles. The number of aromatic nitrogens is 2. The van der Waals surface area contributed by atoms with Gasteiger partial charge in [-0.05, 0) is 29.3 Å². The summed E-state index contributed by atoms with van der Waals surface area (Å²) in [5, 5.41) is 5.08. The van der Waals surface area contributed by atoms with Crippen molar-refractivity contribution in [2.75, 3.05) is 0 Å². The number of H-pyrrole nitrogens is 2. The van der Waals surface area contributed by atoms with Crippen LogP contribution in [0.1, 0.15) is 0 Å². The van der Waals surface area contributed by atoms with Crippen LogP contribution in [-0.4, -0.2) is 9.97 Å². The fraction of sp³-hybridized carbons (Fsp3) is 0. The quantitative estimate of drug-likeness (QED) is 0.339. The Balaban J connectivity index is 1.91. The molecule has 0 aliphatic carbocycles. The van der Waals surface area contributed by atoms with E-state index >= 15 is 0 Å². The van der Waals surface area contributed by atoms with Gasteiger partial charge in [0, 0.05) is 32.6 Å². The van der Waals surface area contributed by atoms with Crippen LogP contribution in [0.2, 0.25) is 0 Å². The number of fused-ring (bicyclic) bond motifs is 7. The molecule has 6 rings (SSSR count). The smallest absolute Gasteiger partial charge is 0.0716 e. The van der Waals surface area contributed by atoms with Crippen molar-refractivity contribution in [2.45, 2.75) is 0 Å². The van der Waals surface area contributed by atoms with Crippen LogP contribution < -0.4 is 0 Å². The second kappa shape index (κ2) is 4.99. The van der Waals surface area contributed by atoms with E-state index in [-0.39, 0.29) is 0 Å². The van der Waals surface area contributed by atoms with Crippen molar-refractivity contribution in [3.8, 4) is 11.1 Å². The zero-order valence-electron chi connectivity index (χ0n) is 14.1. The number of nitrogens with one attached hydrogen (secondary N) is 2. The van der Waals surface area contributed by atoms with E-state index in [1.807, 2.05) is 0 Å². The largest absolute Gasteiger partial charge is 0.353 e. The minimum Gasteiger partial charge on any atom is -0.353 e. The van der Waals surface area contributed by atoms with Gasteiger partial charge in [-0.3, -0.25) is 0 Å². The Morgan fingerprint density at radius 3 is 1.92 bits per heavy atom. The van der Waals surface area contributed by atoms with Crippen molar-refractivity contribution < 1.29 is 0 Å². The number of hydrogen-bond acceptors (Lipinski definition) is 0. The first-order valence-electron chi connectivity index (χ1n) is 8.89. The fourth-order valence-electron chi connectivity index (χ4n) is 4.18. The highest BCUT2D eigenvalue weighted by atomic mass is 14.8. The highest BCUT2D eigenvalue weighted by molar-refractivity contribution is 6.26. The Bertz CT molecular complexity index is 1420. The third-order valence-corrected chi connectivity index (χ3v) is 5.35. The molecule has 0 unspecified atom stereocenters. The predicted molar refractivity (Wildman–Crippen MR) is 111 cm³/mol. The lowest BCUT2D eigenvalue weighted by molar-refractivity contribution is 1.51. The van der Waals surface area contributed by atoms with Crippen LogP contribution in [-0.2, 0) is 0 Å². The summed E-state index contributed by atoms with van der Waals surface area (Å²) in [6.07, 6.45) is 0. The average Bonchev–Trinajstić information content (AvgIpc) is 3.27. The molecular weight excluding hydrogens is 316 g/mol. The number of rotatable bonds is 1. The Morgan fingerprint density at radius 1 is 0.500 bits per heavy atom. The first kappa shape index (κ1) is 13.7. The monoisotopic (exact) mass is 332 g/mol. The van der Waals surface area contributed by atoms with E-state index < -0.39 is 0 Å². The number of aromatic amines is 2. The molecule has 2 N–H and O–H groups in total. The lowest BCUT2D eigenvalue weighted by atomic mass is 9.97. The second-order valence-electron chi connectivity index (χ2n) is 6.80. The summed E-state index contributed by atoms with van der Waals surface area (Å²) in [7, 11) is 0. The molecule has 2 aromatic heterocycles. The van der Waals surface area contributed by atoms with E-state index in [2.05, 4.69) is 94.9 Å².